The smallest absolute Gasteiger partial charge is 0.410 e. The number of amides is 1. The molecule has 1 amide bonds. The van der Waals surface area contributed by atoms with Crippen molar-refractivity contribution in [1.82, 2.24) is 9.88 Å². The van der Waals surface area contributed by atoms with Crippen molar-refractivity contribution in [3.05, 3.63) is 65.4 Å². The lowest BCUT2D eigenvalue weighted by atomic mass is 9.83. The molecule has 2 bridgehead atoms. The first kappa shape index (κ1) is 18.5. The predicted octanol–water partition coefficient (Wildman–Crippen LogP) is 4.75. The lowest BCUT2D eigenvalue weighted by molar-refractivity contribution is 0.0510. The molecule has 2 aliphatic heterocycles. The Morgan fingerprint density at radius 2 is 2.00 bits per heavy atom. The second kappa shape index (κ2) is 8.05. The molecular weight excluding hydrogens is 352 g/mol. The molecule has 2 atom stereocenters. The zero-order valence-corrected chi connectivity index (χ0v) is 16.4. The van der Waals surface area contributed by atoms with Gasteiger partial charge in [0.25, 0.3) is 0 Å². The Labute approximate surface area is 166 Å². The maximum absolute atomic E-state index is 12.8. The summed E-state index contributed by atoms with van der Waals surface area (Å²) >= 11 is 0. The summed E-state index contributed by atoms with van der Waals surface area (Å²) in [6, 6.07) is 14.1. The second-order valence-electron chi connectivity index (χ2n) is 7.48. The number of methoxy groups -OCH3 is 1. The normalized spacial score (nSPS) is 21.1. The van der Waals surface area contributed by atoms with Crippen LogP contribution < -0.4 is 4.74 Å². The zero-order valence-electron chi connectivity index (χ0n) is 16.4. The van der Waals surface area contributed by atoms with Crippen molar-refractivity contribution < 1.29 is 14.3 Å². The van der Waals surface area contributed by atoms with Crippen LogP contribution in [0.25, 0.3) is 5.57 Å². The van der Waals surface area contributed by atoms with Crippen molar-refractivity contribution in [3.8, 4) is 5.88 Å². The molecule has 0 radical (unpaired) electrons. The first-order valence-corrected chi connectivity index (χ1v) is 9.87. The molecule has 3 heterocycles. The van der Waals surface area contributed by atoms with Gasteiger partial charge in [-0.05, 0) is 55.4 Å². The predicted molar refractivity (Wildman–Crippen MR) is 108 cm³/mol. The standard InChI is InChI=1S/C23H26N2O3/c1-16-21(11-12-22(24-16)27-2)18-13-19-9-6-10-20(14-18)25(19)23(26)28-15-17-7-4-3-5-8-17/h3-5,7-8,11-13,19-20H,6,9-10,14-15H2,1-2H3. The number of aromatic nitrogens is 1. The van der Waals surface area contributed by atoms with Gasteiger partial charge in [0.2, 0.25) is 5.88 Å². The van der Waals surface area contributed by atoms with E-state index in [4.69, 9.17) is 9.47 Å². The number of carbonyl (C=O) groups excluding carboxylic acids is 1. The van der Waals surface area contributed by atoms with Gasteiger partial charge in [-0.2, -0.15) is 0 Å². The number of benzene rings is 1. The van der Waals surface area contributed by atoms with E-state index in [0.29, 0.717) is 12.5 Å². The molecule has 0 N–H and O–H groups in total. The minimum Gasteiger partial charge on any atom is -0.481 e. The van der Waals surface area contributed by atoms with E-state index in [2.05, 4.69) is 17.1 Å². The van der Waals surface area contributed by atoms with Crippen LogP contribution >= 0.6 is 0 Å². The highest BCUT2D eigenvalue weighted by Gasteiger charge is 2.38. The lowest BCUT2D eigenvalue weighted by Crippen LogP contribution is -2.51. The third-order valence-electron chi connectivity index (χ3n) is 5.67. The number of fused-ring (bicyclic) bond motifs is 2. The van der Waals surface area contributed by atoms with Crippen molar-refractivity contribution in [3.63, 3.8) is 0 Å². The Kier molecular flexibility index (Phi) is 5.33. The summed E-state index contributed by atoms with van der Waals surface area (Å²) in [6.45, 7) is 2.32. The van der Waals surface area contributed by atoms with E-state index < -0.39 is 0 Å². The number of hydrogen-bond acceptors (Lipinski definition) is 4. The van der Waals surface area contributed by atoms with Crippen LogP contribution in [0.2, 0.25) is 0 Å². The number of hydrogen-bond donors (Lipinski definition) is 0. The third-order valence-corrected chi connectivity index (χ3v) is 5.67. The molecule has 2 aliphatic rings. The summed E-state index contributed by atoms with van der Waals surface area (Å²) in [7, 11) is 1.63. The number of carbonyl (C=O) groups is 1. The van der Waals surface area contributed by atoms with E-state index in [9.17, 15) is 4.79 Å². The summed E-state index contributed by atoms with van der Waals surface area (Å²) in [5, 5.41) is 0. The Hall–Kier alpha value is -2.82. The summed E-state index contributed by atoms with van der Waals surface area (Å²) in [6.07, 6.45) is 5.99. The Morgan fingerprint density at radius 1 is 1.18 bits per heavy atom. The van der Waals surface area contributed by atoms with Crippen molar-refractivity contribution in [2.24, 2.45) is 0 Å². The first-order chi connectivity index (χ1) is 13.7. The summed E-state index contributed by atoms with van der Waals surface area (Å²) < 4.78 is 10.9. The Balaban J connectivity index is 1.52. The van der Waals surface area contributed by atoms with Gasteiger partial charge in [-0.25, -0.2) is 9.78 Å². The molecule has 1 aromatic heterocycles. The zero-order chi connectivity index (χ0) is 19.5. The van der Waals surface area contributed by atoms with Crippen molar-refractivity contribution in [2.45, 2.75) is 51.3 Å². The maximum atomic E-state index is 12.8. The molecule has 0 aliphatic carbocycles. The summed E-state index contributed by atoms with van der Waals surface area (Å²) in [5.74, 6) is 0.629. The molecule has 1 aromatic carbocycles. The fraction of sp³-hybridized carbons (Fsp3) is 0.391. The number of rotatable bonds is 4. The highest BCUT2D eigenvalue weighted by Crippen LogP contribution is 2.38. The van der Waals surface area contributed by atoms with Crippen LogP contribution in [0.1, 0.15) is 42.5 Å². The largest absolute Gasteiger partial charge is 0.481 e. The fourth-order valence-corrected chi connectivity index (χ4v) is 4.30. The molecule has 1 saturated heterocycles. The van der Waals surface area contributed by atoms with Gasteiger partial charge in [-0.15, -0.1) is 0 Å². The van der Waals surface area contributed by atoms with Crippen molar-refractivity contribution >= 4 is 11.7 Å². The average molecular weight is 378 g/mol. The molecular formula is C23H26N2O3. The Bertz CT molecular complexity index is 879. The van der Waals surface area contributed by atoms with Crippen LogP contribution in [-0.4, -0.2) is 35.2 Å². The highest BCUT2D eigenvalue weighted by molar-refractivity contribution is 5.75. The average Bonchev–Trinajstić information content (AvgIpc) is 2.71. The van der Waals surface area contributed by atoms with E-state index >= 15 is 0 Å². The molecule has 2 aromatic rings. The molecule has 146 valence electrons. The molecule has 5 heteroatoms. The Morgan fingerprint density at radius 3 is 2.71 bits per heavy atom. The van der Waals surface area contributed by atoms with E-state index in [1.807, 2.05) is 48.2 Å². The highest BCUT2D eigenvalue weighted by atomic mass is 16.6. The van der Waals surface area contributed by atoms with Crippen LogP contribution in [0, 0.1) is 6.92 Å². The molecule has 2 unspecified atom stereocenters. The van der Waals surface area contributed by atoms with Crippen LogP contribution in [0.3, 0.4) is 0 Å². The van der Waals surface area contributed by atoms with Gasteiger partial charge in [-0.3, -0.25) is 4.90 Å². The maximum Gasteiger partial charge on any atom is 0.410 e. The van der Waals surface area contributed by atoms with Crippen LogP contribution in [0.4, 0.5) is 4.79 Å². The van der Waals surface area contributed by atoms with Crippen LogP contribution in [-0.2, 0) is 11.3 Å². The lowest BCUT2D eigenvalue weighted by Gasteiger charge is -2.44. The van der Waals surface area contributed by atoms with Crippen LogP contribution in [0.5, 0.6) is 5.88 Å². The molecule has 1 fully saturated rings. The van der Waals surface area contributed by atoms with Gasteiger partial charge < -0.3 is 9.47 Å². The molecule has 0 saturated carbocycles. The van der Waals surface area contributed by atoms with E-state index in [1.165, 1.54) is 5.57 Å². The van der Waals surface area contributed by atoms with E-state index in [1.54, 1.807) is 7.11 Å². The second-order valence-corrected chi connectivity index (χ2v) is 7.48. The molecule has 5 nitrogen and oxygen atoms in total. The van der Waals surface area contributed by atoms with Crippen molar-refractivity contribution in [1.29, 1.82) is 0 Å². The number of ether oxygens (including phenoxy) is 2. The van der Waals surface area contributed by atoms with Gasteiger partial charge in [0.05, 0.1) is 13.2 Å². The fourth-order valence-electron chi connectivity index (χ4n) is 4.30. The molecule has 28 heavy (non-hydrogen) atoms. The number of aryl methyl sites for hydroxylation is 1. The van der Waals surface area contributed by atoms with Crippen LogP contribution in [0.15, 0.2) is 48.5 Å². The van der Waals surface area contributed by atoms with Gasteiger partial charge in [0.1, 0.15) is 6.61 Å². The SMILES string of the molecule is COc1ccc(C2=CC3CCCC(C2)N3C(=O)OCc2ccccc2)c(C)n1. The minimum absolute atomic E-state index is 0.0901. The number of nitrogens with zero attached hydrogens (tertiary/aromatic N) is 2. The van der Waals surface area contributed by atoms with Gasteiger partial charge in [-0.1, -0.05) is 36.4 Å². The van der Waals surface area contributed by atoms with Gasteiger partial charge >= 0.3 is 6.09 Å². The quantitative estimate of drug-likeness (QED) is 0.771. The first-order valence-electron chi connectivity index (χ1n) is 9.87. The minimum atomic E-state index is -0.210. The number of piperidine rings is 1. The molecule has 4 rings (SSSR count). The van der Waals surface area contributed by atoms with E-state index in [0.717, 1.165) is 42.5 Å². The molecule has 0 spiro atoms. The number of pyridine rings is 1. The third kappa shape index (κ3) is 3.75. The van der Waals surface area contributed by atoms with E-state index in [-0.39, 0.29) is 18.2 Å². The van der Waals surface area contributed by atoms with Crippen molar-refractivity contribution in [2.75, 3.05) is 7.11 Å². The topological polar surface area (TPSA) is 51.7 Å². The van der Waals surface area contributed by atoms with Gasteiger partial charge in [0.15, 0.2) is 0 Å². The summed E-state index contributed by atoms with van der Waals surface area (Å²) in [5.41, 5.74) is 4.39. The monoisotopic (exact) mass is 378 g/mol. The summed E-state index contributed by atoms with van der Waals surface area (Å²) in [4.78, 5) is 19.3. The van der Waals surface area contributed by atoms with Gasteiger partial charge in [0, 0.05) is 17.8 Å².